The molecule has 0 saturated heterocycles. The molecule has 0 aliphatic rings. The van der Waals surface area contributed by atoms with Crippen LogP contribution in [0.15, 0.2) is 152 Å². The van der Waals surface area contributed by atoms with E-state index < -0.39 is 47.0 Å². The molecule has 0 radical (unpaired) electrons. The maximum absolute atomic E-state index is 15.4. The molecule has 0 aliphatic carbocycles. The molecule has 474 valence electrons. The molecule has 0 fully saturated rings. The molecule has 7 rings (SSSR count). The van der Waals surface area contributed by atoms with Crippen molar-refractivity contribution in [2.45, 2.75) is 206 Å². The number of carbonyl (C=O) groups excluding carboxylic acids is 4. The van der Waals surface area contributed by atoms with Crippen molar-refractivity contribution in [3.63, 3.8) is 0 Å². The van der Waals surface area contributed by atoms with E-state index in [0.29, 0.717) is 0 Å². The molecule has 0 atom stereocenters. The number of nitriles is 1. The number of benzene rings is 7. The summed E-state index contributed by atoms with van der Waals surface area (Å²) in [6, 6.07) is 42.4. The zero-order chi connectivity index (χ0) is 63.6. The Morgan fingerprint density at radius 2 is 0.589 bits per heavy atom. The second-order valence-corrected chi connectivity index (χ2v) is 23.9. The summed E-state index contributed by atoms with van der Waals surface area (Å²) >= 11 is 0. The highest BCUT2D eigenvalue weighted by Crippen LogP contribution is 2.30. The van der Waals surface area contributed by atoms with Crippen LogP contribution in [-0.2, 0) is 12.8 Å². The van der Waals surface area contributed by atoms with Crippen LogP contribution < -0.4 is 18.9 Å². The van der Waals surface area contributed by atoms with Gasteiger partial charge in [-0.05, 0) is 132 Å². The zero-order valence-corrected chi connectivity index (χ0v) is 53.1. The summed E-state index contributed by atoms with van der Waals surface area (Å²) in [6.45, 7) is 4.53. The smallest absolute Gasteiger partial charge is 0.343 e. The minimum atomic E-state index is -1.03. The van der Waals surface area contributed by atoms with Crippen molar-refractivity contribution in [1.82, 2.24) is 0 Å². The first-order valence-electron chi connectivity index (χ1n) is 33.4. The highest BCUT2D eigenvalue weighted by atomic mass is 19.1. The van der Waals surface area contributed by atoms with E-state index >= 15 is 8.78 Å². The molecule has 0 amide bonds. The third-order valence-corrected chi connectivity index (χ3v) is 16.6. The van der Waals surface area contributed by atoms with Gasteiger partial charge in [0.1, 0.15) is 11.5 Å². The monoisotopic (exact) mass is 1220 g/mol. The van der Waals surface area contributed by atoms with Crippen LogP contribution in [0.25, 0.3) is 22.3 Å². The number of halogens is 2. The van der Waals surface area contributed by atoms with Crippen LogP contribution in [0.2, 0.25) is 0 Å². The fraction of sp³-hybridized carbons (Fsp3) is 0.405. The second kappa shape index (κ2) is 39.0. The number of unbranched alkanes of at least 4 members (excludes halogenated alkanes) is 26. The number of hydrogen-bond donors (Lipinski definition) is 0. The SMILES string of the molecule is CCCCCCCCCCCCCCCCc1ccc(-c2ccc(C(=O)Oc3ccc(C(=O)Oc4cc(C#N)cc(OC(=O)c5ccc(OC(=O)c6ccc(-c7ccc(CCCCCCCCCCCCCCCC)cc7)cc6)c(F)c5)c4)cc3F)cc2)cc1. The number of ether oxygens (including phenoxy) is 4. The van der Waals surface area contributed by atoms with Crippen LogP contribution in [0.4, 0.5) is 8.78 Å². The molecular weight excluding hydrogens is 1130 g/mol. The fourth-order valence-electron chi connectivity index (χ4n) is 11.2. The van der Waals surface area contributed by atoms with Crippen LogP contribution in [0, 0.1) is 23.0 Å². The number of esters is 4. The van der Waals surface area contributed by atoms with Crippen molar-refractivity contribution < 1.29 is 46.9 Å². The van der Waals surface area contributed by atoms with E-state index in [9.17, 15) is 24.4 Å². The van der Waals surface area contributed by atoms with Crippen LogP contribution >= 0.6 is 0 Å². The topological polar surface area (TPSA) is 129 Å². The Morgan fingerprint density at radius 1 is 0.322 bits per heavy atom. The van der Waals surface area contributed by atoms with E-state index in [0.717, 1.165) is 65.4 Å². The van der Waals surface area contributed by atoms with Crippen molar-refractivity contribution in [3.05, 3.63) is 202 Å². The van der Waals surface area contributed by atoms with Crippen molar-refractivity contribution in [1.29, 1.82) is 5.26 Å². The molecule has 0 unspecified atom stereocenters. The van der Waals surface area contributed by atoms with Gasteiger partial charge in [-0.25, -0.2) is 28.0 Å². The molecule has 0 aromatic heterocycles. The highest BCUT2D eigenvalue weighted by molar-refractivity contribution is 5.94. The van der Waals surface area contributed by atoms with Gasteiger partial charge in [-0.1, -0.05) is 254 Å². The van der Waals surface area contributed by atoms with Gasteiger partial charge in [-0.15, -0.1) is 0 Å². The molecule has 0 heterocycles. The van der Waals surface area contributed by atoms with E-state index in [1.165, 1.54) is 215 Å². The van der Waals surface area contributed by atoms with Crippen molar-refractivity contribution in [2.75, 3.05) is 0 Å². The van der Waals surface area contributed by atoms with Gasteiger partial charge in [0.05, 0.1) is 33.9 Å². The van der Waals surface area contributed by atoms with E-state index in [1.807, 2.05) is 6.07 Å². The van der Waals surface area contributed by atoms with Gasteiger partial charge < -0.3 is 18.9 Å². The minimum Gasteiger partial charge on any atom is -0.423 e. The Hall–Kier alpha value is -8.23. The number of rotatable bonds is 40. The van der Waals surface area contributed by atoms with Crippen molar-refractivity contribution in [2.24, 2.45) is 0 Å². The summed E-state index contributed by atoms with van der Waals surface area (Å²) in [5.41, 5.74) is 6.27. The minimum absolute atomic E-state index is 0.0574. The van der Waals surface area contributed by atoms with Gasteiger partial charge in [0.2, 0.25) is 0 Å². The zero-order valence-electron chi connectivity index (χ0n) is 53.1. The van der Waals surface area contributed by atoms with Crippen LogP contribution in [0.3, 0.4) is 0 Å². The number of aryl methyl sites for hydroxylation is 2. The van der Waals surface area contributed by atoms with E-state index in [1.54, 1.807) is 48.5 Å². The van der Waals surface area contributed by atoms with Crippen LogP contribution in [-0.4, -0.2) is 23.9 Å². The molecule has 7 aromatic carbocycles. The second-order valence-electron chi connectivity index (χ2n) is 23.9. The molecule has 11 heteroatoms. The Morgan fingerprint density at radius 3 is 0.878 bits per heavy atom. The summed E-state index contributed by atoms with van der Waals surface area (Å²) in [7, 11) is 0. The number of nitrogens with zero attached hydrogens (tertiary/aromatic N) is 1. The van der Waals surface area contributed by atoms with E-state index in [2.05, 4.69) is 62.4 Å². The van der Waals surface area contributed by atoms with Crippen LogP contribution in [0.5, 0.6) is 23.0 Å². The molecular formula is C79H91F2NO8. The summed E-state index contributed by atoms with van der Waals surface area (Å²) in [4.78, 5) is 52.7. The molecule has 0 bridgehead atoms. The molecule has 90 heavy (non-hydrogen) atoms. The lowest BCUT2D eigenvalue weighted by molar-refractivity contribution is 0.0716. The largest absolute Gasteiger partial charge is 0.423 e. The molecule has 0 aliphatic heterocycles. The van der Waals surface area contributed by atoms with Crippen molar-refractivity contribution in [3.8, 4) is 51.3 Å². The Bertz CT molecular complexity index is 3150. The predicted octanol–water partition coefficient (Wildman–Crippen LogP) is 22.1. The fourth-order valence-corrected chi connectivity index (χ4v) is 11.2. The lowest BCUT2D eigenvalue weighted by atomic mass is 10.00. The summed E-state index contributed by atoms with van der Waals surface area (Å²) in [5, 5.41) is 9.73. The average Bonchev–Trinajstić information content (AvgIpc) is 2.37. The molecule has 0 spiro atoms. The first-order valence-corrected chi connectivity index (χ1v) is 33.4. The standard InChI is InChI=1S/C79H91F2NO8/c1-3-5-7-9-11-13-15-17-19-21-23-25-27-29-31-59-33-37-62(38-34-59)64-41-45-66(46-42-64)76(83)89-74-51-49-68(55-72(74)80)78(85)87-70-53-61(58-82)54-71(57-70)88-79(86)69-50-52-75(73(81)56-69)90-77(84)67-47-43-65(44-48-67)63-39-35-60(36-40-63)32-30-28-26-24-22-20-18-16-14-12-10-8-6-4-2/h33-57H,3-32H2,1-2H3. The van der Waals surface area contributed by atoms with Gasteiger partial charge in [-0.2, -0.15) is 5.26 Å². The molecule has 0 saturated carbocycles. The summed E-state index contributed by atoms with van der Waals surface area (Å²) < 4.78 is 52.4. The third kappa shape index (κ3) is 23.9. The Labute approximate surface area is 533 Å². The first kappa shape index (κ1) is 69.2. The highest BCUT2D eigenvalue weighted by Gasteiger charge is 2.20. The van der Waals surface area contributed by atoms with E-state index in [4.69, 9.17) is 18.9 Å². The van der Waals surface area contributed by atoms with Crippen molar-refractivity contribution >= 4 is 23.9 Å². The van der Waals surface area contributed by atoms with Gasteiger partial charge in [0, 0.05) is 6.07 Å². The maximum atomic E-state index is 15.4. The van der Waals surface area contributed by atoms with Gasteiger partial charge in [0.25, 0.3) is 0 Å². The normalized spacial score (nSPS) is 11.1. The lowest BCUT2D eigenvalue weighted by Crippen LogP contribution is -2.13. The predicted molar refractivity (Wildman–Crippen MR) is 356 cm³/mol. The van der Waals surface area contributed by atoms with E-state index in [-0.39, 0.29) is 39.3 Å². The van der Waals surface area contributed by atoms with Gasteiger partial charge >= 0.3 is 23.9 Å². The summed E-state index contributed by atoms with van der Waals surface area (Å²) in [6.07, 6.45) is 39.5. The first-order chi connectivity index (χ1) is 44.0. The third-order valence-electron chi connectivity index (χ3n) is 16.6. The molecule has 0 N–H and O–H groups in total. The molecule has 7 aromatic rings. The Balaban J connectivity index is 0.804. The van der Waals surface area contributed by atoms with Gasteiger partial charge in [-0.3, -0.25) is 0 Å². The quantitative estimate of drug-likeness (QED) is 0.0209. The summed E-state index contributed by atoms with van der Waals surface area (Å²) in [5.74, 6) is -6.93. The van der Waals surface area contributed by atoms with Crippen LogP contribution in [0.1, 0.15) is 252 Å². The average molecular weight is 1220 g/mol. The molecule has 9 nitrogen and oxygen atoms in total. The Kier molecular flexibility index (Phi) is 30.0. The maximum Gasteiger partial charge on any atom is 0.343 e. The van der Waals surface area contributed by atoms with Gasteiger partial charge in [0.15, 0.2) is 23.1 Å². The number of hydrogen-bond acceptors (Lipinski definition) is 9. The lowest BCUT2D eigenvalue weighted by Gasteiger charge is -2.11. The number of carbonyl (C=O) groups is 4.